The lowest BCUT2D eigenvalue weighted by molar-refractivity contribution is 0.0360. The van der Waals surface area contributed by atoms with Crippen molar-refractivity contribution in [2.75, 3.05) is 32.8 Å². The summed E-state index contributed by atoms with van der Waals surface area (Å²) < 4.78 is 10.7. The molecule has 29 heavy (non-hydrogen) atoms. The van der Waals surface area contributed by atoms with Gasteiger partial charge < -0.3 is 14.2 Å². The second kappa shape index (κ2) is 7.58. The van der Waals surface area contributed by atoms with Gasteiger partial charge in [-0.2, -0.15) is 0 Å². The minimum Gasteiger partial charge on any atom is -0.381 e. The Morgan fingerprint density at radius 1 is 1.10 bits per heavy atom. The molecule has 4 heterocycles. The molecule has 154 valence electrons. The lowest BCUT2D eigenvalue weighted by Crippen LogP contribution is -2.41. The zero-order chi connectivity index (χ0) is 20.0. The Labute approximate surface area is 171 Å². The van der Waals surface area contributed by atoms with E-state index in [9.17, 15) is 4.79 Å². The fraction of sp³-hybridized carbons (Fsp3) is 0.565. The maximum atomic E-state index is 13.3. The maximum absolute atomic E-state index is 13.3. The van der Waals surface area contributed by atoms with Gasteiger partial charge in [-0.05, 0) is 43.7 Å². The summed E-state index contributed by atoms with van der Waals surface area (Å²) in [5.74, 6) is 1.61. The fourth-order valence-electron chi connectivity index (χ4n) is 5.57. The molecule has 0 saturated carbocycles. The van der Waals surface area contributed by atoms with E-state index in [-0.39, 0.29) is 11.9 Å². The van der Waals surface area contributed by atoms with Crippen molar-refractivity contribution >= 4 is 5.91 Å². The second-order valence-electron chi connectivity index (χ2n) is 8.80. The van der Waals surface area contributed by atoms with Crippen LogP contribution in [0.1, 0.15) is 46.3 Å². The Hall–Kier alpha value is -2.18. The van der Waals surface area contributed by atoms with E-state index in [0.717, 1.165) is 45.7 Å². The minimum atomic E-state index is -0.0119. The van der Waals surface area contributed by atoms with E-state index in [2.05, 4.69) is 46.1 Å². The smallest absolute Gasteiger partial charge is 0.276 e. The molecule has 3 atom stereocenters. The quantitative estimate of drug-likeness (QED) is 0.799. The van der Waals surface area contributed by atoms with Gasteiger partial charge in [0, 0.05) is 50.9 Å². The first kappa shape index (κ1) is 18.8. The number of rotatable bonds is 3. The van der Waals surface area contributed by atoms with Crippen LogP contribution in [-0.4, -0.2) is 59.8 Å². The Bertz CT molecular complexity index is 889. The molecular formula is C23H29N3O3. The first-order valence-electron chi connectivity index (χ1n) is 10.7. The third-order valence-corrected chi connectivity index (χ3v) is 7.01. The molecule has 1 aromatic heterocycles. The standard InChI is InChI=1S/C23H29N3O3/c1-15-5-3-4-6-19(15)22-20-14-25(18-7-9-28-10-8-18)12-17(20)13-26(22)23(27)21-11-16(2)29-24-21/h3-6,11,17-18,20,22H,7-10,12-14H2,1-2H3/t17-,20-,22+/m0/s1. The normalized spacial score (nSPS) is 28.1. The number of hydrogen-bond donors (Lipinski definition) is 0. The first-order chi connectivity index (χ1) is 14.1. The molecule has 6 heteroatoms. The van der Waals surface area contributed by atoms with Crippen LogP contribution in [-0.2, 0) is 4.74 Å². The number of likely N-dealkylation sites (tertiary alicyclic amines) is 2. The highest BCUT2D eigenvalue weighted by Gasteiger charge is 2.50. The van der Waals surface area contributed by atoms with Crippen LogP contribution in [0.3, 0.4) is 0 Å². The zero-order valence-electron chi connectivity index (χ0n) is 17.2. The van der Waals surface area contributed by atoms with Crippen molar-refractivity contribution in [2.24, 2.45) is 11.8 Å². The predicted octanol–water partition coefficient (Wildman–Crippen LogP) is 3.22. The zero-order valence-corrected chi connectivity index (χ0v) is 17.2. The highest BCUT2D eigenvalue weighted by atomic mass is 16.5. The summed E-state index contributed by atoms with van der Waals surface area (Å²) in [6.07, 6.45) is 2.24. The molecule has 0 unspecified atom stereocenters. The Kier molecular flexibility index (Phi) is 4.92. The number of hydrogen-bond acceptors (Lipinski definition) is 5. The number of carbonyl (C=O) groups excluding carboxylic acids is 1. The van der Waals surface area contributed by atoms with Gasteiger partial charge in [0.1, 0.15) is 5.76 Å². The summed E-state index contributed by atoms with van der Waals surface area (Å²) in [5.41, 5.74) is 2.93. The van der Waals surface area contributed by atoms with Gasteiger partial charge in [0.15, 0.2) is 5.69 Å². The Morgan fingerprint density at radius 3 is 2.62 bits per heavy atom. The van der Waals surface area contributed by atoms with Crippen molar-refractivity contribution in [3.63, 3.8) is 0 Å². The highest BCUT2D eigenvalue weighted by Crippen LogP contribution is 2.47. The van der Waals surface area contributed by atoms with E-state index in [1.54, 1.807) is 6.07 Å². The number of ether oxygens (including phenoxy) is 1. The summed E-state index contributed by atoms with van der Waals surface area (Å²) >= 11 is 0. The number of amides is 1. The number of nitrogens with zero attached hydrogens (tertiary/aromatic N) is 3. The van der Waals surface area contributed by atoms with Gasteiger partial charge in [-0.1, -0.05) is 29.4 Å². The SMILES string of the molecule is Cc1cc(C(=O)N2C[C@@H]3CN(C4CCOCC4)C[C@@H]3[C@H]2c2ccccc2C)no1. The Morgan fingerprint density at radius 2 is 1.90 bits per heavy atom. The molecule has 6 nitrogen and oxygen atoms in total. The van der Waals surface area contributed by atoms with Crippen molar-refractivity contribution in [2.45, 2.75) is 38.8 Å². The number of fused-ring (bicyclic) bond motifs is 1. The molecule has 0 spiro atoms. The van der Waals surface area contributed by atoms with Crippen LogP contribution < -0.4 is 0 Å². The molecule has 3 aliphatic rings. The predicted molar refractivity (Wildman–Crippen MR) is 109 cm³/mol. The minimum absolute atomic E-state index is 0.0119. The molecule has 0 N–H and O–H groups in total. The van der Waals surface area contributed by atoms with Crippen LogP contribution in [0, 0.1) is 25.7 Å². The van der Waals surface area contributed by atoms with Gasteiger partial charge in [0.05, 0.1) is 6.04 Å². The van der Waals surface area contributed by atoms with Crippen LogP contribution in [0.5, 0.6) is 0 Å². The van der Waals surface area contributed by atoms with E-state index in [1.165, 1.54) is 11.1 Å². The second-order valence-corrected chi connectivity index (χ2v) is 8.80. The monoisotopic (exact) mass is 395 g/mol. The Balaban J connectivity index is 1.45. The molecule has 0 bridgehead atoms. The van der Waals surface area contributed by atoms with E-state index in [1.807, 2.05) is 6.92 Å². The maximum Gasteiger partial charge on any atom is 0.276 e. The van der Waals surface area contributed by atoms with Gasteiger partial charge in [-0.25, -0.2) is 0 Å². The lowest BCUT2D eigenvalue weighted by atomic mass is 9.87. The third kappa shape index (κ3) is 3.38. The number of aryl methyl sites for hydroxylation is 2. The van der Waals surface area contributed by atoms with E-state index >= 15 is 0 Å². The molecule has 3 saturated heterocycles. The molecule has 3 fully saturated rings. The summed E-state index contributed by atoms with van der Waals surface area (Å²) in [6, 6.07) is 11.0. The summed E-state index contributed by atoms with van der Waals surface area (Å²) in [5, 5.41) is 4.00. The first-order valence-corrected chi connectivity index (χ1v) is 10.7. The fourth-order valence-corrected chi connectivity index (χ4v) is 5.57. The van der Waals surface area contributed by atoms with Gasteiger partial charge in [0.25, 0.3) is 5.91 Å². The van der Waals surface area contributed by atoms with Crippen LogP contribution in [0.4, 0.5) is 0 Å². The largest absolute Gasteiger partial charge is 0.381 e. The van der Waals surface area contributed by atoms with Crippen LogP contribution in [0.2, 0.25) is 0 Å². The van der Waals surface area contributed by atoms with Gasteiger partial charge in [-0.15, -0.1) is 0 Å². The topological polar surface area (TPSA) is 58.8 Å². The van der Waals surface area contributed by atoms with Crippen molar-refractivity contribution in [3.05, 3.63) is 52.9 Å². The van der Waals surface area contributed by atoms with E-state index in [4.69, 9.17) is 9.26 Å². The number of benzene rings is 1. The summed E-state index contributed by atoms with van der Waals surface area (Å²) in [4.78, 5) is 18.1. The van der Waals surface area contributed by atoms with Gasteiger partial charge >= 0.3 is 0 Å². The summed E-state index contributed by atoms with van der Waals surface area (Å²) in [7, 11) is 0. The van der Waals surface area contributed by atoms with E-state index in [0.29, 0.717) is 29.3 Å². The average Bonchev–Trinajstić information content (AvgIpc) is 3.43. The van der Waals surface area contributed by atoms with Gasteiger partial charge in [-0.3, -0.25) is 9.69 Å². The van der Waals surface area contributed by atoms with Crippen LogP contribution >= 0.6 is 0 Å². The number of aromatic nitrogens is 1. The van der Waals surface area contributed by atoms with Crippen molar-refractivity contribution in [1.29, 1.82) is 0 Å². The third-order valence-electron chi connectivity index (χ3n) is 7.01. The molecule has 3 aliphatic heterocycles. The van der Waals surface area contributed by atoms with Crippen molar-refractivity contribution < 1.29 is 14.1 Å². The van der Waals surface area contributed by atoms with Gasteiger partial charge in [0.2, 0.25) is 0 Å². The molecule has 2 aromatic rings. The van der Waals surface area contributed by atoms with Crippen molar-refractivity contribution in [3.8, 4) is 0 Å². The molecular weight excluding hydrogens is 366 g/mol. The summed E-state index contributed by atoms with van der Waals surface area (Å²) in [6.45, 7) is 8.62. The lowest BCUT2D eigenvalue weighted by Gasteiger charge is -2.34. The molecule has 5 rings (SSSR count). The van der Waals surface area contributed by atoms with E-state index < -0.39 is 0 Å². The van der Waals surface area contributed by atoms with Crippen LogP contribution in [0.25, 0.3) is 0 Å². The molecule has 0 radical (unpaired) electrons. The molecule has 0 aliphatic carbocycles. The molecule has 1 amide bonds. The van der Waals surface area contributed by atoms with Crippen molar-refractivity contribution in [1.82, 2.24) is 15.0 Å². The highest BCUT2D eigenvalue weighted by molar-refractivity contribution is 5.93. The average molecular weight is 396 g/mol. The molecule has 1 aromatic carbocycles. The number of carbonyl (C=O) groups is 1. The van der Waals surface area contributed by atoms with Crippen LogP contribution in [0.15, 0.2) is 34.9 Å².